The van der Waals surface area contributed by atoms with E-state index in [2.05, 4.69) is 20.9 Å². The van der Waals surface area contributed by atoms with Gasteiger partial charge in [0, 0.05) is 23.3 Å². The van der Waals surface area contributed by atoms with Gasteiger partial charge in [-0.1, -0.05) is 22.0 Å². The van der Waals surface area contributed by atoms with Crippen LogP contribution in [0.5, 0.6) is 0 Å². The zero-order valence-corrected chi connectivity index (χ0v) is 12.3. The van der Waals surface area contributed by atoms with Crippen molar-refractivity contribution in [2.75, 3.05) is 7.05 Å². The predicted octanol–water partition coefficient (Wildman–Crippen LogP) is 2.98. The van der Waals surface area contributed by atoms with Crippen LogP contribution in [-0.2, 0) is 9.53 Å². The molecule has 0 atom stereocenters. The third-order valence-electron chi connectivity index (χ3n) is 2.98. The SMILES string of the molecule is CN1C=CC=CC1=C1N=C(c2ccc(Br)cc2)OC1=O. The number of hydrogen-bond acceptors (Lipinski definition) is 4. The molecule has 3 rings (SSSR count). The van der Waals surface area contributed by atoms with Gasteiger partial charge in [-0.2, -0.15) is 0 Å². The van der Waals surface area contributed by atoms with Gasteiger partial charge in [0.2, 0.25) is 5.90 Å². The van der Waals surface area contributed by atoms with E-state index in [1.54, 1.807) is 0 Å². The molecule has 0 amide bonds. The van der Waals surface area contributed by atoms with Gasteiger partial charge in [0.05, 0.1) is 5.70 Å². The summed E-state index contributed by atoms with van der Waals surface area (Å²) in [5.41, 5.74) is 1.82. The Bertz CT molecular complexity index is 684. The van der Waals surface area contributed by atoms with Crippen LogP contribution in [0.15, 0.2) is 69.6 Å². The third-order valence-corrected chi connectivity index (χ3v) is 3.51. The molecule has 0 bridgehead atoms. The van der Waals surface area contributed by atoms with E-state index in [0.717, 1.165) is 15.7 Å². The highest BCUT2D eigenvalue weighted by Crippen LogP contribution is 2.24. The number of carbonyl (C=O) groups is 1. The highest BCUT2D eigenvalue weighted by molar-refractivity contribution is 9.10. The van der Waals surface area contributed by atoms with Gasteiger partial charge in [-0.25, -0.2) is 9.79 Å². The number of aliphatic imine (C=N–C) groups is 1. The Hall–Kier alpha value is -2.14. The molecular weight excluding hydrogens is 320 g/mol. The lowest BCUT2D eigenvalue weighted by atomic mass is 10.2. The molecule has 0 unspecified atom stereocenters. The molecule has 0 N–H and O–H groups in total. The minimum Gasteiger partial charge on any atom is -0.402 e. The summed E-state index contributed by atoms with van der Waals surface area (Å²) in [5, 5.41) is 0. The van der Waals surface area contributed by atoms with Crippen molar-refractivity contribution < 1.29 is 9.53 Å². The predicted molar refractivity (Wildman–Crippen MR) is 79.8 cm³/mol. The summed E-state index contributed by atoms with van der Waals surface area (Å²) in [6.07, 6.45) is 7.46. The number of likely N-dealkylation sites (N-methyl/N-ethyl adjacent to an activating group) is 1. The van der Waals surface area contributed by atoms with Gasteiger partial charge < -0.3 is 9.64 Å². The van der Waals surface area contributed by atoms with Crippen LogP contribution in [0, 0.1) is 0 Å². The number of esters is 1. The first kappa shape index (κ1) is 12.9. The molecule has 2 aliphatic rings. The van der Waals surface area contributed by atoms with Crippen LogP contribution in [0.4, 0.5) is 0 Å². The number of benzene rings is 1. The molecule has 100 valence electrons. The molecule has 0 spiro atoms. The van der Waals surface area contributed by atoms with E-state index in [-0.39, 0.29) is 0 Å². The second-order valence-electron chi connectivity index (χ2n) is 4.36. The molecule has 0 aliphatic carbocycles. The molecule has 0 radical (unpaired) electrons. The monoisotopic (exact) mass is 330 g/mol. The summed E-state index contributed by atoms with van der Waals surface area (Å²) in [6, 6.07) is 7.46. The van der Waals surface area contributed by atoms with Crippen LogP contribution in [0.1, 0.15) is 5.56 Å². The summed E-state index contributed by atoms with van der Waals surface area (Å²) >= 11 is 3.37. The zero-order chi connectivity index (χ0) is 14.1. The van der Waals surface area contributed by atoms with Gasteiger partial charge in [0.15, 0.2) is 5.70 Å². The Kier molecular flexibility index (Phi) is 3.28. The first-order valence-corrected chi connectivity index (χ1v) is 6.83. The van der Waals surface area contributed by atoms with Crippen molar-refractivity contribution >= 4 is 27.8 Å². The third kappa shape index (κ3) is 2.32. The molecule has 20 heavy (non-hydrogen) atoms. The highest BCUT2D eigenvalue weighted by atomic mass is 79.9. The average molecular weight is 331 g/mol. The van der Waals surface area contributed by atoms with Crippen molar-refractivity contribution in [2.45, 2.75) is 0 Å². The van der Waals surface area contributed by atoms with Crippen LogP contribution < -0.4 is 0 Å². The fourth-order valence-corrected chi connectivity index (χ4v) is 2.22. The Balaban J connectivity index is 2.01. The van der Waals surface area contributed by atoms with E-state index in [1.165, 1.54) is 0 Å². The number of allylic oxidation sites excluding steroid dienone is 3. The van der Waals surface area contributed by atoms with Crippen molar-refractivity contribution in [3.63, 3.8) is 0 Å². The second kappa shape index (κ2) is 5.09. The van der Waals surface area contributed by atoms with E-state index in [4.69, 9.17) is 4.74 Å². The van der Waals surface area contributed by atoms with Gasteiger partial charge in [-0.3, -0.25) is 0 Å². The summed E-state index contributed by atoms with van der Waals surface area (Å²) in [7, 11) is 1.86. The molecule has 0 aromatic heterocycles. The maximum Gasteiger partial charge on any atom is 0.366 e. The van der Waals surface area contributed by atoms with Gasteiger partial charge in [-0.05, 0) is 36.4 Å². The van der Waals surface area contributed by atoms with Gasteiger partial charge in [-0.15, -0.1) is 0 Å². The van der Waals surface area contributed by atoms with E-state index in [1.807, 2.05) is 60.6 Å². The second-order valence-corrected chi connectivity index (χ2v) is 5.27. The first-order valence-electron chi connectivity index (χ1n) is 6.04. The minimum absolute atomic E-state index is 0.325. The molecule has 0 saturated carbocycles. The normalized spacial score (nSPS) is 21.2. The Morgan fingerprint density at radius 3 is 2.65 bits per heavy atom. The Morgan fingerprint density at radius 2 is 1.95 bits per heavy atom. The van der Waals surface area contributed by atoms with Crippen molar-refractivity contribution in [3.8, 4) is 0 Å². The maximum atomic E-state index is 12.0. The minimum atomic E-state index is -0.426. The van der Waals surface area contributed by atoms with Gasteiger partial charge >= 0.3 is 5.97 Å². The molecule has 0 saturated heterocycles. The molecule has 4 nitrogen and oxygen atoms in total. The lowest BCUT2D eigenvalue weighted by Gasteiger charge is -2.17. The number of cyclic esters (lactones) is 1. The van der Waals surface area contributed by atoms with Crippen molar-refractivity contribution in [1.82, 2.24) is 4.90 Å². The van der Waals surface area contributed by atoms with E-state index in [9.17, 15) is 4.79 Å². The lowest BCUT2D eigenvalue weighted by Crippen LogP contribution is -2.15. The van der Waals surface area contributed by atoms with Crippen molar-refractivity contribution in [1.29, 1.82) is 0 Å². The van der Waals surface area contributed by atoms with Crippen LogP contribution in [0.2, 0.25) is 0 Å². The topological polar surface area (TPSA) is 41.9 Å². The number of hydrogen-bond donors (Lipinski definition) is 0. The van der Waals surface area contributed by atoms with E-state index >= 15 is 0 Å². The molecule has 5 heteroatoms. The molecule has 2 heterocycles. The molecular formula is C15H11BrN2O2. The molecule has 1 aromatic rings. The quantitative estimate of drug-likeness (QED) is 0.587. The molecule has 2 aliphatic heterocycles. The summed E-state index contributed by atoms with van der Waals surface area (Å²) in [5.74, 6) is -0.0916. The van der Waals surface area contributed by atoms with Crippen LogP contribution >= 0.6 is 15.9 Å². The fraction of sp³-hybridized carbons (Fsp3) is 0.0667. The van der Waals surface area contributed by atoms with Crippen LogP contribution in [0.25, 0.3) is 0 Å². The zero-order valence-electron chi connectivity index (χ0n) is 10.7. The summed E-state index contributed by atoms with van der Waals surface area (Å²) < 4.78 is 6.22. The largest absolute Gasteiger partial charge is 0.402 e. The summed E-state index contributed by atoms with van der Waals surface area (Å²) in [4.78, 5) is 18.1. The van der Waals surface area contributed by atoms with E-state index in [0.29, 0.717) is 11.6 Å². The number of rotatable bonds is 1. The van der Waals surface area contributed by atoms with E-state index < -0.39 is 5.97 Å². The Labute approximate surface area is 124 Å². The first-order chi connectivity index (χ1) is 9.65. The smallest absolute Gasteiger partial charge is 0.366 e. The molecule has 1 aromatic carbocycles. The number of ether oxygens (including phenoxy) is 1. The standard InChI is InChI=1S/C15H11BrN2O2/c1-18-9-3-2-4-12(18)13-15(19)20-14(17-13)10-5-7-11(16)8-6-10/h2-9H,1H3. The van der Waals surface area contributed by atoms with Gasteiger partial charge in [0.25, 0.3) is 0 Å². The van der Waals surface area contributed by atoms with Crippen molar-refractivity contribution in [2.24, 2.45) is 4.99 Å². The number of carbonyl (C=O) groups excluding carboxylic acids is 1. The van der Waals surface area contributed by atoms with Gasteiger partial charge in [0.1, 0.15) is 0 Å². The van der Waals surface area contributed by atoms with Crippen molar-refractivity contribution in [3.05, 3.63) is 70.1 Å². The number of halogens is 1. The maximum absolute atomic E-state index is 12.0. The Morgan fingerprint density at radius 1 is 1.20 bits per heavy atom. The number of nitrogens with zero attached hydrogens (tertiary/aromatic N) is 2. The summed E-state index contributed by atoms with van der Waals surface area (Å²) in [6.45, 7) is 0. The molecule has 0 fully saturated rings. The highest BCUT2D eigenvalue weighted by Gasteiger charge is 2.28. The fourth-order valence-electron chi connectivity index (χ4n) is 1.95. The van der Waals surface area contributed by atoms with Crippen LogP contribution in [0.3, 0.4) is 0 Å². The average Bonchev–Trinajstić information content (AvgIpc) is 2.82. The van der Waals surface area contributed by atoms with Crippen LogP contribution in [-0.4, -0.2) is 23.8 Å². The lowest BCUT2D eigenvalue weighted by molar-refractivity contribution is -0.130.